The lowest BCUT2D eigenvalue weighted by Crippen LogP contribution is -2.43. The van der Waals surface area contributed by atoms with Gasteiger partial charge >= 0.3 is 6.09 Å². The summed E-state index contributed by atoms with van der Waals surface area (Å²) in [6, 6.07) is -0.0337. The summed E-state index contributed by atoms with van der Waals surface area (Å²) in [6.45, 7) is 5.15. The normalized spacial score (nSPS) is 20.6. The van der Waals surface area contributed by atoms with E-state index in [1.54, 1.807) is 0 Å². The maximum Gasteiger partial charge on any atom is 0.412 e. The third-order valence-electron chi connectivity index (χ3n) is 2.41. The molecular weight excluding hydrogens is 206 g/mol. The van der Waals surface area contributed by atoms with Crippen molar-refractivity contribution in [3.05, 3.63) is 12.2 Å². The van der Waals surface area contributed by atoms with Crippen LogP contribution < -0.4 is 0 Å². The second-order valence-electron chi connectivity index (χ2n) is 5.02. The number of aliphatic hydroxyl groups is 1. The van der Waals surface area contributed by atoms with E-state index in [1.165, 1.54) is 4.90 Å². The lowest BCUT2D eigenvalue weighted by Gasteiger charge is -2.31. The van der Waals surface area contributed by atoms with Crippen molar-refractivity contribution >= 4 is 6.09 Å². The van der Waals surface area contributed by atoms with E-state index in [2.05, 4.69) is 0 Å². The van der Waals surface area contributed by atoms with Crippen molar-refractivity contribution in [2.45, 2.75) is 51.7 Å². The number of aliphatic hydroxyl groups excluding tert-OH is 1. The van der Waals surface area contributed by atoms with Gasteiger partial charge in [0.2, 0.25) is 0 Å². The Morgan fingerprint density at radius 3 is 2.69 bits per heavy atom. The van der Waals surface area contributed by atoms with Crippen LogP contribution in [0.15, 0.2) is 12.2 Å². The first-order valence-corrected chi connectivity index (χ1v) is 5.71. The summed E-state index contributed by atoms with van der Waals surface area (Å²) in [6.07, 6.45) is 6.53. The first-order valence-electron chi connectivity index (χ1n) is 5.71. The van der Waals surface area contributed by atoms with E-state index in [4.69, 9.17) is 4.74 Å². The molecule has 92 valence electrons. The number of carbonyl (C=O) groups is 1. The molecule has 0 fully saturated rings. The van der Waals surface area contributed by atoms with Crippen LogP contribution in [0.1, 0.15) is 40.0 Å². The molecule has 0 radical (unpaired) electrons. The second kappa shape index (κ2) is 5.34. The Bertz CT molecular complexity index is 268. The molecule has 1 unspecified atom stereocenters. The molecule has 0 aromatic heterocycles. The molecular formula is C12H21NO3. The van der Waals surface area contributed by atoms with Gasteiger partial charge in [0.1, 0.15) is 12.3 Å². The highest BCUT2D eigenvalue weighted by Crippen LogP contribution is 2.18. The third-order valence-corrected chi connectivity index (χ3v) is 2.41. The first-order chi connectivity index (χ1) is 7.44. The van der Waals surface area contributed by atoms with Gasteiger partial charge in [-0.05, 0) is 40.0 Å². The van der Waals surface area contributed by atoms with E-state index in [1.807, 2.05) is 32.9 Å². The fourth-order valence-corrected chi connectivity index (χ4v) is 1.67. The van der Waals surface area contributed by atoms with Gasteiger partial charge in [-0.15, -0.1) is 0 Å². The molecule has 1 rings (SSSR count). The van der Waals surface area contributed by atoms with Gasteiger partial charge in [-0.2, -0.15) is 0 Å². The highest BCUT2D eigenvalue weighted by atomic mass is 16.6. The Balaban J connectivity index is 2.62. The number of allylic oxidation sites excluding steroid dienone is 1. The van der Waals surface area contributed by atoms with Crippen LogP contribution in [0.5, 0.6) is 0 Å². The van der Waals surface area contributed by atoms with Gasteiger partial charge in [-0.25, -0.2) is 4.79 Å². The van der Waals surface area contributed by atoms with E-state index in [0.29, 0.717) is 0 Å². The van der Waals surface area contributed by atoms with Gasteiger partial charge in [0.15, 0.2) is 0 Å². The maximum atomic E-state index is 11.8. The second-order valence-corrected chi connectivity index (χ2v) is 5.02. The van der Waals surface area contributed by atoms with Gasteiger partial charge < -0.3 is 9.84 Å². The predicted molar refractivity (Wildman–Crippen MR) is 61.9 cm³/mol. The summed E-state index contributed by atoms with van der Waals surface area (Å²) in [4.78, 5) is 13.2. The average molecular weight is 227 g/mol. The zero-order valence-corrected chi connectivity index (χ0v) is 10.3. The van der Waals surface area contributed by atoms with Gasteiger partial charge in [-0.1, -0.05) is 12.2 Å². The molecule has 0 saturated carbocycles. The number of hydrogen-bond acceptors (Lipinski definition) is 3. The molecule has 1 atom stereocenters. The van der Waals surface area contributed by atoms with Crippen LogP contribution >= 0.6 is 0 Å². The van der Waals surface area contributed by atoms with Gasteiger partial charge in [0.25, 0.3) is 0 Å². The van der Waals surface area contributed by atoms with E-state index in [0.717, 1.165) is 19.3 Å². The van der Waals surface area contributed by atoms with Gasteiger partial charge in [-0.3, -0.25) is 4.90 Å². The lowest BCUT2D eigenvalue weighted by molar-refractivity contribution is -0.00269. The van der Waals surface area contributed by atoms with Crippen molar-refractivity contribution < 1.29 is 14.6 Å². The molecule has 0 aromatic rings. The standard InChI is InChI=1S/C12H21NO3/c1-12(2,3)16-11(15)13(9-14)10-7-5-4-6-8-10/h5,7,10,14H,4,6,8-9H2,1-3H3. The summed E-state index contributed by atoms with van der Waals surface area (Å²) < 4.78 is 5.24. The molecule has 0 bridgehead atoms. The minimum Gasteiger partial charge on any atom is -0.444 e. The molecule has 0 aromatic carbocycles. The van der Waals surface area contributed by atoms with Crippen LogP contribution in [0.2, 0.25) is 0 Å². The third kappa shape index (κ3) is 3.85. The van der Waals surface area contributed by atoms with Crippen molar-refractivity contribution in [3.8, 4) is 0 Å². The topological polar surface area (TPSA) is 49.8 Å². The van der Waals surface area contributed by atoms with Crippen LogP contribution in [-0.4, -0.2) is 34.5 Å². The summed E-state index contributed by atoms with van der Waals surface area (Å²) in [5, 5.41) is 9.24. The largest absolute Gasteiger partial charge is 0.444 e. The number of amides is 1. The van der Waals surface area contributed by atoms with Crippen molar-refractivity contribution in [3.63, 3.8) is 0 Å². The van der Waals surface area contributed by atoms with Crippen LogP contribution in [0.25, 0.3) is 0 Å². The number of carbonyl (C=O) groups excluding carboxylic acids is 1. The number of rotatable bonds is 2. The Hall–Kier alpha value is -1.03. The van der Waals surface area contributed by atoms with Gasteiger partial charge in [0.05, 0.1) is 6.04 Å². The SMILES string of the molecule is CC(C)(C)OC(=O)N(CO)C1C=CCCC1. The molecule has 0 spiro atoms. The first kappa shape index (κ1) is 13.0. The molecule has 0 heterocycles. The number of nitrogens with zero attached hydrogens (tertiary/aromatic N) is 1. The molecule has 4 heteroatoms. The highest BCUT2D eigenvalue weighted by molar-refractivity contribution is 5.68. The van der Waals surface area contributed by atoms with E-state index >= 15 is 0 Å². The Morgan fingerprint density at radius 2 is 2.25 bits per heavy atom. The predicted octanol–water partition coefficient (Wildman–Crippen LogP) is 2.28. The molecule has 1 N–H and O–H groups in total. The van der Waals surface area contributed by atoms with Crippen molar-refractivity contribution in [1.29, 1.82) is 0 Å². The van der Waals surface area contributed by atoms with Crippen LogP contribution in [0.3, 0.4) is 0 Å². The van der Waals surface area contributed by atoms with Crippen molar-refractivity contribution in [1.82, 2.24) is 4.90 Å². The Labute approximate surface area is 96.9 Å². The molecule has 0 aliphatic heterocycles. The zero-order chi connectivity index (χ0) is 12.2. The summed E-state index contributed by atoms with van der Waals surface area (Å²) in [5.74, 6) is 0. The Kier molecular flexibility index (Phi) is 4.35. The number of hydrogen-bond donors (Lipinski definition) is 1. The average Bonchev–Trinajstić information content (AvgIpc) is 2.17. The molecule has 1 amide bonds. The minimum atomic E-state index is -0.525. The minimum absolute atomic E-state index is 0.0337. The summed E-state index contributed by atoms with van der Waals surface area (Å²) in [5.41, 5.74) is -0.525. The molecule has 1 aliphatic rings. The smallest absolute Gasteiger partial charge is 0.412 e. The summed E-state index contributed by atoms with van der Waals surface area (Å²) in [7, 11) is 0. The quantitative estimate of drug-likeness (QED) is 0.581. The van der Waals surface area contributed by atoms with Gasteiger partial charge in [0, 0.05) is 0 Å². The van der Waals surface area contributed by atoms with Crippen LogP contribution in [-0.2, 0) is 4.74 Å². The lowest BCUT2D eigenvalue weighted by atomic mass is 10.0. The van der Waals surface area contributed by atoms with E-state index in [9.17, 15) is 9.90 Å². The molecule has 0 saturated heterocycles. The molecule has 1 aliphatic carbocycles. The van der Waals surface area contributed by atoms with Crippen LogP contribution in [0, 0.1) is 0 Å². The fourth-order valence-electron chi connectivity index (χ4n) is 1.67. The summed E-state index contributed by atoms with van der Waals surface area (Å²) >= 11 is 0. The Morgan fingerprint density at radius 1 is 1.56 bits per heavy atom. The van der Waals surface area contributed by atoms with Crippen LogP contribution in [0.4, 0.5) is 4.79 Å². The number of ether oxygens (including phenoxy) is 1. The van der Waals surface area contributed by atoms with E-state index < -0.39 is 11.7 Å². The highest BCUT2D eigenvalue weighted by Gasteiger charge is 2.26. The zero-order valence-electron chi connectivity index (χ0n) is 10.3. The maximum absolute atomic E-state index is 11.8. The van der Waals surface area contributed by atoms with E-state index in [-0.39, 0.29) is 12.8 Å². The van der Waals surface area contributed by atoms with Crippen molar-refractivity contribution in [2.24, 2.45) is 0 Å². The molecule has 16 heavy (non-hydrogen) atoms. The molecule has 4 nitrogen and oxygen atoms in total. The fraction of sp³-hybridized carbons (Fsp3) is 0.750. The monoisotopic (exact) mass is 227 g/mol. The van der Waals surface area contributed by atoms with Crippen molar-refractivity contribution in [2.75, 3.05) is 6.73 Å².